The molecule has 0 fully saturated rings. The second-order valence-electron chi connectivity index (χ2n) is 6.15. The molecule has 3 rings (SSSR count). The lowest BCUT2D eigenvalue weighted by Crippen LogP contribution is -2.41. The molecule has 0 aliphatic heterocycles. The van der Waals surface area contributed by atoms with Crippen LogP contribution in [0, 0.1) is 5.92 Å². The monoisotopic (exact) mass is 345 g/mol. The maximum atomic E-state index is 12.7. The number of hydrogen-bond acceptors (Lipinski definition) is 5. The third-order valence-electron chi connectivity index (χ3n) is 3.79. The van der Waals surface area contributed by atoms with Crippen LogP contribution in [0.2, 0.25) is 0 Å². The average molecular weight is 345 g/mol. The Kier molecular flexibility index (Phi) is 4.64. The molecule has 2 heterocycles. The number of nitrogens with one attached hydrogen (secondary N) is 1. The lowest BCUT2D eigenvalue weighted by Gasteiger charge is -2.17. The highest BCUT2D eigenvalue weighted by atomic mass is 32.1. The van der Waals surface area contributed by atoms with Crippen LogP contribution < -0.4 is 10.9 Å². The summed E-state index contributed by atoms with van der Waals surface area (Å²) in [7, 11) is 0. The van der Waals surface area contributed by atoms with E-state index in [0.717, 1.165) is 10.2 Å². The minimum absolute atomic E-state index is 0.0155. The highest BCUT2D eigenvalue weighted by molar-refractivity contribution is 7.23. The van der Waals surface area contributed by atoms with Gasteiger partial charge in [-0.05, 0) is 24.5 Å². The molecule has 1 unspecified atom stereocenters. The second kappa shape index (κ2) is 6.70. The Labute approximate surface area is 142 Å². The zero-order chi connectivity index (χ0) is 17.3. The largest absolute Gasteiger partial charge is 0.394 e. The lowest BCUT2D eigenvalue weighted by atomic mass is 10.0. The first-order chi connectivity index (χ1) is 11.5. The molecule has 24 heavy (non-hydrogen) atoms. The molecule has 6 nitrogen and oxygen atoms in total. The summed E-state index contributed by atoms with van der Waals surface area (Å²) in [4.78, 5) is 30.0. The highest BCUT2D eigenvalue weighted by Gasteiger charge is 2.19. The molecule has 0 saturated carbocycles. The summed E-state index contributed by atoms with van der Waals surface area (Å²) in [5.74, 6) is -0.179. The van der Waals surface area contributed by atoms with Gasteiger partial charge in [0.1, 0.15) is 5.56 Å². The Morgan fingerprint density at radius 3 is 2.83 bits per heavy atom. The van der Waals surface area contributed by atoms with E-state index in [2.05, 4.69) is 10.3 Å². The molecule has 126 valence electrons. The summed E-state index contributed by atoms with van der Waals surface area (Å²) in [6, 6.07) is 7.11. The Morgan fingerprint density at radius 1 is 1.38 bits per heavy atom. The molecule has 2 N–H and O–H groups in total. The van der Waals surface area contributed by atoms with Gasteiger partial charge in [0.05, 0.1) is 22.9 Å². The van der Waals surface area contributed by atoms with Gasteiger partial charge in [0.15, 0.2) is 4.96 Å². The smallest absolute Gasteiger partial charge is 0.271 e. The van der Waals surface area contributed by atoms with Gasteiger partial charge in [0, 0.05) is 6.20 Å². The van der Waals surface area contributed by atoms with Crippen LogP contribution in [0.5, 0.6) is 0 Å². The highest BCUT2D eigenvalue weighted by Crippen LogP contribution is 2.23. The molecule has 2 aromatic heterocycles. The van der Waals surface area contributed by atoms with Gasteiger partial charge in [0.2, 0.25) is 0 Å². The third-order valence-corrected chi connectivity index (χ3v) is 4.83. The molecule has 3 aromatic rings. The first kappa shape index (κ1) is 16.6. The number of carbonyl (C=O) groups excluding carboxylic acids is 1. The van der Waals surface area contributed by atoms with Crippen molar-refractivity contribution in [2.24, 2.45) is 5.92 Å². The zero-order valence-corrected chi connectivity index (χ0v) is 14.3. The van der Waals surface area contributed by atoms with Crippen LogP contribution in [0.4, 0.5) is 0 Å². The summed E-state index contributed by atoms with van der Waals surface area (Å²) < 4.78 is 2.40. The SMILES string of the molecule is CC(C)CC(CO)NC(=O)c1cnc2sc3ccccc3n2c1=O. The van der Waals surface area contributed by atoms with Crippen molar-refractivity contribution in [1.29, 1.82) is 0 Å². The van der Waals surface area contributed by atoms with Gasteiger partial charge < -0.3 is 10.4 Å². The summed E-state index contributed by atoms with van der Waals surface area (Å²) in [6.07, 6.45) is 1.95. The fraction of sp³-hybridized carbons (Fsp3) is 0.353. The van der Waals surface area contributed by atoms with E-state index in [1.54, 1.807) is 0 Å². The van der Waals surface area contributed by atoms with Crippen molar-refractivity contribution in [1.82, 2.24) is 14.7 Å². The van der Waals surface area contributed by atoms with Gasteiger partial charge in [-0.1, -0.05) is 37.3 Å². The van der Waals surface area contributed by atoms with Crippen LogP contribution in [-0.2, 0) is 0 Å². The van der Waals surface area contributed by atoms with Gasteiger partial charge in [-0.2, -0.15) is 0 Å². The number of benzene rings is 1. The Morgan fingerprint density at radius 2 is 2.12 bits per heavy atom. The summed E-state index contributed by atoms with van der Waals surface area (Å²) in [5, 5.41) is 12.1. The number of hydrogen-bond donors (Lipinski definition) is 2. The maximum Gasteiger partial charge on any atom is 0.271 e. The number of aliphatic hydroxyl groups is 1. The first-order valence-electron chi connectivity index (χ1n) is 7.82. The predicted molar refractivity (Wildman–Crippen MR) is 94.6 cm³/mol. The van der Waals surface area contributed by atoms with Crippen LogP contribution in [-0.4, -0.2) is 33.0 Å². The number of aliphatic hydroxyl groups excluding tert-OH is 1. The molecule has 1 atom stereocenters. The normalized spacial score (nSPS) is 12.8. The number of para-hydroxylation sites is 1. The molecule has 0 aliphatic carbocycles. The van der Waals surface area contributed by atoms with Crippen molar-refractivity contribution in [3.8, 4) is 0 Å². The van der Waals surface area contributed by atoms with E-state index in [0.29, 0.717) is 17.3 Å². The van der Waals surface area contributed by atoms with Crippen molar-refractivity contribution in [3.05, 3.63) is 46.4 Å². The van der Waals surface area contributed by atoms with Gasteiger partial charge >= 0.3 is 0 Å². The van der Waals surface area contributed by atoms with E-state index in [9.17, 15) is 14.7 Å². The number of carbonyl (C=O) groups is 1. The summed E-state index contributed by atoms with van der Waals surface area (Å²) >= 11 is 1.40. The van der Waals surface area contributed by atoms with E-state index in [1.807, 2.05) is 38.1 Å². The fourth-order valence-corrected chi connectivity index (χ4v) is 3.70. The number of nitrogens with zero attached hydrogens (tertiary/aromatic N) is 2. The molecule has 1 amide bonds. The second-order valence-corrected chi connectivity index (χ2v) is 7.16. The Balaban J connectivity index is 2.00. The Bertz CT molecular complexity index is 945. The van der Waals surface area contributed by atoms with E-state index in [-0.39, 0.29) is 18.2 Å². The Hall–Kier alpha value is -2.25. The lowest BCUT2D eigenvalue weighted by molar-refractivity contribution is 0.0906. The van der Waals surface area contributed by atoms with Crippen LogP contribution in [0.1, 0.15) is 30.6 Å². The quantitative estimate of drug-likeness (QED) is 0.741. The third kappa shape index (κ3) is 3.05. The molecule has 0 aliphatic rings. The average Bonchev–Trinajstić information content (AvgIpc) is 2.93. The van der Waals surface area contributed by atoms with Crippen molar-refractivity contribution < 1.29 is 9.90 Å². The molecular formula is C17H19N3O3S. The predicted octanol–water partition coefficient (Wildman–Crippen LogP) is 2.05. The minimum atomic E-state index is -0.503. The molecule has 1 aromatic carbocycles. The number of fused-ring (bicyclic) bond motifs is 3. The van der Waals surface area contributed by atoms with Gasteiger partial charge in [-0.15, -0.1) is 0 Å². The molecule has 0 saturated heterocycles. The van der Waals surface area contributed by atoms with E-state index in [1.165, 1.54) is 21.9 Å². The van der Waals surface area contributed by atoms with Gasteiger partial charge in [0.25, 0.3) is 11.5 Å². The van der Waals surface area contributed by atoms with Crippen molar-refractivity contribution in [3.63, 3.8) is 0 Å². The minimum Gasteiger partial charge on any atom is -0.394 e. The van der Waals surface area contributed by atoms with Crippen molar-refractivity contribution >= 4 is 32.4 Å². The molecular weight excluding hydrogens is 326 g/mol. The number of thiazole rings is 1. The van der Waals surface area contributed by atoms with Crippen LogP contribution in [0.25, 0.3) is 15.2 Å². The van der Waals surface area contributed by atoms with Crippen molar-refractivity contribution in [2.75, 3.05) is 6.61 Å². The van der Waals surface area contributed by atoms with E-state index < -0.39 is 11.5 Å². The maximum absolute atomic E-state index is 12.7. The number of amides is 1. The van der Waals surface area contributed by atoms with Crippen LogP contribution >= 0.6 is 11.3 Å². The van der Waals surface area contributed by atoms with Crippen molar-refractivity contribution in [2.45, 2.75) is 26.3 Å². The molecule has 7 heteroatoms. The van der Waals surface area contributed by atoms with E-state index in [4.69, 9.17) is 0 Å². The first-order valence-corrected chi connectivity index (χ1v) is 8.64. The zero-order valence-electron chi connectivity index (χ0n) is 13.5. The molecule has 0 bridgehead atoms. The summed E-state index contributed by atoms with van der Waals surface area (Å²) in [6.45, 7) is 3.85. The number of rotatable bonds is 5. The van der Waals surface area contributed by atoms with Crippen LogP contribution in [0.15, 0.2) is 35.3 Å². The summed E-state index contributed by atoms with van der Waals surface area (Å²) in [5.41, 5.74) is 0.333. The topological polar surface area (TPSA) is 83.7 Å². The van der Waals surface area contributed by atoms with E-state index >= 15 is 0 Å². The molecule has 0 spiro atoms. The van der Waals surface area contributed by atoms with Gasteiger partial charge in [-0.25, -0.2) is 4.98 Å². The number of aromatic nitrogens is 2. The standard InChI is InChI=1S/C17H19N3O3S/c1-10(2)7-11(9-21)19-15(22)12-8-18-17-20(16(12)23)13-5-3-4-6-14(13)24-17/h3-6,8,10-11,21H,7,9H2,1-2H3,(H,19,22). The van der Waals surface area contributed by atoms with Crippen LogP contribution in [0.3, 0.4) is 0 Å². The van der Waals surface area contributed by atoms with Gasteiger partial charge in [-0.3, -0.25) is 14.0 Å². The molecule has 0 radical (unpaired) electrons. The fourth-order valence-electron chi connectivity index (χ4n) is 2.72.